The van der Waals surface area contributed by atoms with Gasteiger partial charge in [0.15, 0.2) is 0 Å². The van der Waals surface area contributed by atoms with Crippen LogP contribution in [-0.2, 0) is 0 Å². The molecular weight excluding hydrogens is 87.1 g/mol. The first-order valence-electron chi connectivity index (χ1n) is 1.17. The topological polar surface area (TPSA) is 0 Å². The van der Waals surface area contributed by atoms with Gasteiger partial charge in [-0.3, -0.25) is 0 Å². The zero-order valence-electron chi connectivity index (χ0n) is 2.60. The first-order valence-corrected chi connectivity index (χ1v) is 2.35. The molecule has 0 N–H and O–H groups in total. The Balaban J connectivity index is 2.32. The van der Waals surface area contributed by atoms with Crippen molar-refractivity contribution < 1.29 is 0 Å². The van der Waals surface area contributed by atoms with Gasteiger partial charge in [0.05, 0.1) is 0 Å². The van der Waals surface area contributed by atoms with Crippen LogP contribution in [0, 0.1) is 0 Å². The second kappa shape index (κ2) is 2.04. The highest BCUT2D eigenvalue weighted by Gasteiger charge is 1.68. The fourth-order valence-electron chi connectivity index (χ4n) is 0. The van der Waals surface area contributed by atoms with Crippen LogP contribution in [0.2, 0.25) is 0 Å². The van der Waals surface area contributed by atoms with Gasteiger partial charge in [0.2, 0.25) is 0 Å². The molecular formula is C2H7PS. The third-order valence-corrected chi connectivity index (χ3v) is 0. The average molecular weight is 94.1 g/mol. The van der Waals surface area contributed by atoms with E-state index >= 15 is 0 Å². The smallest absolute Gasteiger partial charge is 0.0132 e. The second-order valence-electron chi connectivity index (χ2n) is 0.741. The molecule has 0 aromatic rings. The first-order chi connectivity index (χ1) is 1.73. The number of hydrogen-bond acceptors (Lipinski definition) is 1. The minimum Gasteiger partial charge on any atom is -0.172 e. The van der Waals surface area contributed by atoms with E-state index in [1.165, 1.54) is 0 Å². The van der Waals surface area contributed by atoms with Crippen molar-refractivity contribution in [3.05, 3.63) is 0 Å². The third-order valence-electron chi connectivity index (χ3n) is 0. The van der Waals surface area contributed by atoms with E-state index in [1.807, 2.05) is 6.92 Å². The van der Waals surface area contributed by atoms with Crippen LogP contribution in [0.5, 0.6) is 0 Å². The minimum absolute atomic E-state index is 0.444. The summed E-state index contributed by atoms with van der Waals surface area (Å²) in [6, 6.07) is 0. The lowest BCUT2D eigenvalue weighted by Gasteiger charge is -1.78. The van der Waals surface area contributed by atoms with Gasteiger partial charge in [-0.2, -0.15) is 12.6 Å². The Morgan fingerprint density at radius 2 is 2.00 bits per heavy atom. The lowest BCUT2D eigenvalue weighted by atomic mass is 11.0. The first kappa shape index (κ1) is 4.78. The quantitative estimate of drug-likeness (QED) is 0.337. The predicted molar refractivity (Wildman–Crippen MR) is 28.2 cm³/mol. The fourth-order valence-corrected chi connectivity index (χ4v) is 0. The molecule has 2 atom stereocenters. The van der Waals surface area contributed by atoms with Crippen molar-refractivity contribution in [3.8, 4) is 0 Å². The third kappa shape index (κ3) is 14.5. The lowest BCUT2D eigenvalue weighted by Crippen LogP contribution is -1.62. The van der Waals surface area contributed by atoms with E-state index in [0.717, 1.165) is 0 Å². The molecule has 0 spiro atoms. The zero-order chi connectivity index (χ0) is 3.58. The molecule has 4 heavy (non-hydrogen) atoms. The van der Waals surface area contributed by atoms with Crippen LogP contribution in [-0.4, -0.2) is 4.99 Å². The molecule has 0 fully saturated rings. The summed E-state index contributed by atoms with van der Waals surface area (Å²) in [7, 11) is 2.52. The molecule has 0 aromatic heterocycles. The van der Waals surface area contributed by atoms with E-state index in [9.17, 15) is 0 Å². The standard InChI is InChI=1S/C2H7PS/c1-2(3)4/h2,4H,3H2,1H3. The maximum absolute atomic E-state index is 3.93. The van der Waals surface area contributed by atoms with E-state index in [0.29, 0.717) is 4.99 Å². The van der Waals surface area contributed by atoms with E-state index in [4.69, 9.17) is 0 Å². The maximum Gasteiger partial charge on any atom is 0.0132 e. The number of rotatable bonds is 0. The van der Waals surface area contributed by atoms with Crippen LogP contribution in [0.1, 0.15) is 6.92 Å². The monoisotopic (exact) mass is 94.0 g/mol. The normalized spacial score (nSPS) is 15.8. The molecule has 0 bridgehead atoms. The average Bonchev–Trinajstić information content (AvgIpc) is 0.811. The molecule has 2 heteroatoms. The summed E-state index contributed by atoms with van der Waals surface area (Å²) in [6.07, 6.45) is 0. The Kier molecular flexibility index (Phi) is 2.44. The van der Waals surface area contributed by atoms with Crippen molar-refractivity contribution in [2.24, 2.45) is 0 Å². The van der Waals surface area contributed by atoms with E-state index in [2.05, 4.69) is 21.9 Å². The van der Waals surface area contributed by atoms with Crippen molar-refractivity contribution in [1.29, 1.82) is 0 Å². The van der Waals surface area contributed by atoms with E-state index in [1.54, 1.807) is 0 Å². The Labute approximate surface area is 34.6 Å². The summed E-state index contributed by atoms with van der Waals surface area (Å²) < 4.78 is 0. The molecule has 0 aliphatic rings. The van der Waals surface area contributed by atoms with Crippen LogP contribution >= 0.6 is 21.9 Å². The van der Waals surface area contributed by atoms with E-state index < -0.39 is 0 Å². The predicted octanol–water partition coefficient (Wildman–Crippen LogP) is 1.14. The lowest BCUT2D eigenvalue weighted by molar-refractivity contribution is 1.44. The number of hydrogen-bond donors (Lipinski definition) is 1. The van der Waals surface area contributed by atoms with Gasteiger partial charge in [0.1, 0.15) is 0 Å². The zero-order valence-corrected chi connectivity index (χ0v) is 4.65. The van der Waals surface area contributed by atoms with Gasteiger partial charge < -0.3 is 0 Å². The summed E-state index contributed by atoms with van der Waals surface area (Å²) in [5.41, 5.74) is 0. The molecule has 0 heterocycles. The maximum atomic E-state index is 3.93. The Hall–Kier alpha value is 0.780. The Morgan fingerprint density at radius 1 is 2.00 bits per heavy atom. The molecule has 0 aliphatic carbocycles. The van der Waals surface area contributed by atoms with Gasteiger partial charge in [0, 0.05) is 4.99 Å². The van der Waals surface area contributed by atoms with Gasteiger partial charge in [-0.15, -0.1) is 9.24 Å². The molecule has 0 radical (unpaired) electrons. The number of thiol groups is 1. The van der Waals surface area contributed by atoms with Gasteiger partial charge in [-0.05, 0) is 0 Å². The fraction of sp³-hybridized carbons (Fsp3) is 1.00. The molecule has 2 unspecified atom stereocenters. The molecule has 0 saturated carbocycles. The van der Waals surface area contributed by atoms with Crippen molar-refractivity contribution in [2.45, 2.75) is 11.9 Å². The Bertz CT molecular complexity index is 10.8. The van der Waals surface area contributed by atoms with Crippen LogP contribution in [0.25, 0.3) is 0 Å². The Morgan fingerprint density at radius 3 is 2.00 bits per heavy atom. The van der Waals surface area contributed by atoms with Gasteiger partial charge in [-0.25, -0.2) is 0 Å². The molecule has 0 amide bonds. The highest BCUT2D eigenvalue weighted by Crippen LogP contribution is 1.98. The summed E-state index contributed by atoms with van der Waals surface area (Å²) in [5, 5.41) is 0. The van der Waals surface area contributed by atoms with E-state index in [-0.39, 0.29) is 0 Å². The molecule has 0 saturated heterocycles. The van der Waals surface area contributed by atoms with Gasteiger partial charge in [0.25, 0.3) is 0 Å². The van der Waals surface area contributed by atoms with Gasteiger partial charge >= 0.3 is 0 Å². The van der Waals surface area contributed by atoms with Crippen LogP contribution < -0.4 is 0 Å². The van der Waals surface area contributed by atoms with Crippen molar-refractivity contribution in [2.75, 3.05) is 0 Å². The largest absolute Gasteiger partial charge is 0.172 e. The summed E-state index contributed by atoms with van der Waals surface area (Å²) in [6.45, 7) is 1.99. The van der Waals surface area contributed by atoms with Crippen molar-refractivity contribution in [1.82, 2.24) is 0 Å². The summed E-state index contributed by atoms with van der Waals surface area (Å²) in [5.74, 6) is 0. The summed E-state index contributed by atoms with van der Waals surface area (Å²) in [4.78, 5) is 0.444. The highest BCUT2D eigenvalue weighted by atomic mass is 32.1. The van der Waals surface area contributed by atoms with Crippen molar-refractivity contribution in [3.63, 3.8) is 0 Å². The SMILES string of the molecule is CC(P)S. The molecule has 0 aromatic carbocycles. The molecule has 0 aliphatic heterocycles. The van der Waals surface area contributed by atoms with Crippen LogP contribution in [0.15, 0.2) is 0 Å². The minimum atomic E-state index is 0.444. The molecule has 26 valence electrons. The highest BCUT2D eigenvalue weighted by molar-refractivity contribution is 7.85. The van der Waals surface area contributed by atoms with Crippen LogP contribution in [0.3, 0.4) is 0 Å². The van der Waals surface area contributed by atoms with Crippen LogP contribution in [0.4, 0.5) is 0 Å². The van der Waals surface area contributed by atoms with Crippen molar-refractivity contribution >= 4 is 21.9 Å². The molecule has 0 rings (SSSR count). The molecule has 0 nitrogen and oxygen atoms in total. The summed E-state index contributed by atoms with van der Waals surface area (Å²) >= 11 is 3.93. The van der Waals surface area contributed by atoms with Gasteiger partial charge in [-0.1, -0.05) is 6.92 Å². The second-order valence-corrected chi connectivity index (χ2v) is 3.12.